The molecule has 0 aliphatic carbocycles. The van der Waals surface area contributed by atoms with Crippen LogP contribution >= 0.6 is 12.2 Å². The van der Waals surface area contributed by atoms with Crippen molar-refractivity contribution >= 4 is 18.2 Å². The summed E-state index contributed by atoms with van der Waals surface area (Å²) in [5.41, 5.74) is -0.802. The van der Waals surface area contributed by atoms with Gasteiger partial charge in [0.15, 0.2) is 0 Å². The van der Waals surface area contributed by atoms with Gasteiger partial charge in [-0.15, -0.1) is 0 Å². The minimum atomic E-state index is -0.802. The first-order valence-electron chi connectivity index (χ1n) is 7.29. The highest BCUT2D eigenvalue weighted by molar-refractivity contribution is 7.71. The number of rotatable bonds is 2. The van der Waals surface area contributed by atoms with E-state index < -0.39 is 5.41 Å². The summed E-state index contributed by atoms with van der Waals surface area (Å²) in [5, 5.41) is 0. The maximum Gasteiger partial charge on any atom is 0.345 e. The second kappa shape index (κ2) is 4.16. The normalized spacial score (nSPS) is 42.8. The van der Waals surface area contributed by atoms with Gasteiger partial charge in [-0.3, -0.25) is 0 Å². The van der Waals surface area contributed by atoms with E-state index in [1.807, 2.05) is 24.3 Å². The van der Waals surface area contributed by atoms with Crippen LogP contribution in [0.25, 0.3) is 0 Å². The van der Waals surface area contributed by atoms with Crippen LogP contribution in [-0.4, -0.2) is 35.1 Å². The minimum absolute atomic E-state index is 0.0251. The van der Waals surface area contributed by atoms with Gasteiger partial charge in [-0.1, -0.05) is 42.6 Å². The molecule has 2 fully saturated rings. The van der Waals surface area contributed by atoms with Gasteiger partial charge in [0.25, 0.3) is 0 Å². The van der Waals surface area contributed by atoms with Crippen molar-refractivity contribution in [2.45, 2.75) is 24.4 Å². The Morgan fingerprint density at radius 3 is 2.45 bits per heavy atom. The van der Waals surface area contributed by atoms with Crippen LogP contribution in [0.5, 0.6) is 0 Å². The third-order valence-corrected chi connectivity index (χ3v) is 5.40. The van der Waals surface area contributed by atoms with Gasteiger partial charge < -0.3 is 14.3 Å². The molecule has 5 heterocycles. The predicted octanol–water partition coefficient (Wildman–Crippen LogP) is 1.45. The van der Waals surface area contributed by atoms with Crippen LogP contribution in [0.15, 0.2) is 48.7 Å². The van der Waals surface area contributed by atoms with Gasteiger partial charge >= 0.3 is 5.97 Å². The van der Waals surface area contributed by atoms with Crippen molar-refractivity contribution in [3.8, 4) is 0 Å². The van der Waals surface area contributed by atoms with Crippen LogP contribution in [0.1, 0.15) is 0 Å². The van der Waals surface area contributed by atoms with Crippen molar-refractivity contribution in [2.24, 2.45) is 11.3 Å². The molecule has 0 aromatic carbocycles. The summed E-state index contributed by atoms with van der Waals surface area (Å²) in [4.78, 5) is 18.6. The maximum absolute atomic E-state index is 13.0. The Morgan fingerprint density at radius 2 is 1.82 bits per heavy atom. The molecule has 4 aliphatic rings. The Hall–Kier alpha value is -1.76. The molecule has 5 nitrogen and oxygen atoms in total. The Labute approximate surface area is 131 Å². The molecule has 4 aliphatic heterocycles. The molecule has 0 spiro atoms. The summed E-state index contributed by atoms with van der Waals surface area (Å²) < 4.78 is 13.7. The zero-order chi connectivity index (χ0) is 14.9. The van der Waals surface area contributed by atoms with Gasteiger partial charge in [0, 0.05) is 12.1 Å². The molecule has 6 atom stereocenters. The molecule has 0 radical (unpaired) electrons. The second-order valence-corrected chi connectivity index (χ2v) is 6.43. The minimum Gasteiger partial charge on any atom is -0.365 e. The number of hydrogen-bond acceptors (Lipinski definition) is 5. The van der Waals surface area contributed by atoms with E-state index in [9.17, 15) is 4.79 Å². The van der Waals surface area contributed by atoms with Crippen LogP contribution in [-0.2, 0) is 14.3 Å². The van der Waals surface area contributed by atoms with Crippen LogP contribution in [0, 0.1) is 16.0 Å². The van der Waals surface area contributed by atoms with Crippen molar-refractivity contribution in [3.63, 3.8) is 0 Å². The van der Waals surface area contributed by atoms with E-state index in [4.69, 9.17) is 26.5 Å². The molecule has 1 aromatic rings. The highest BCUT2D eigenvalue weighted by atomic mass is 32.1. The summed E-state index contributed by atoms with van der Waals surface area (Å²) in [5.74, 6) is -0.364. The number of carbonyl (C=O) groups excluding carboxylic acids is 1. The topological polar surface area (TPSA) is 49.7 Å². The van der Waals surface area contributed by atoms with Crippen molar-refractivity contribution < 1.29 is 19.1 Å². The van der Waals surface area contributed by atoms with Gasteiger partial charge in [0.2, 0.25) is 0 Å². The average molecular weight is 315 g/mol. The Bertz CT molecular complexity index is 754. The van der Waals surface area contributed by atoms with Crippen molar-refractivity contribution in [2.75, 3.05) is 0 Å². The van der Waals surface area contributed by atoms with E-state index in [1.165, 1.54) is 4.73 Å². The maximum atomic E-state index is 13.0. The molecule has 0 N–H and O–H groups in total. The smallest absolute Gasteiger partial charge is 0.345 e. The SMILES string of the molecule is O=C(On1ccccc1=S)C12C([C@@H]3C=C[C@H]1O3)[C@H]1C=C[C@@H]2O1. The van der Waals surface area contributed by atoms with Crippen LogP contribution < -0.4 is 4.84 Å². The summed E-state index contributed by atoms with van der Waals surface area (Å²) in [7, 11) is 0. The van der Waals surface area contributed by atoms with E-state index in [1.54, 1.807) is 24.4 Å². The molecular formula is C16H13NO4S. The molecule has 6 heteroatoms. The largest absolute Gasteiger partial charge is 0.365 e. The van der Waals surface area contributed by atoms with E-state index in [0.717, 1.165) is 0 Å². The number of fused-ring (bicyclic) bond motifs is 9. The van der Waals surface area contributed by atoms with E-state index in [2.05, 4.69) is 0 Å². The summed E-state index contributed by atoms with van der Waals surface area (Å²) in [6, 6.07) is 5.29. The first-order chi connectivity index (χ1) is 10.7. The number of pyridine rings is 1. The van der Waals surface area contributed by atoms with Crippen LogP contribution in [0.4, 0.5) is 0 Å². The fourth-order valence-electron chi connectivity index (χ4n) is 4.19. The van der Waals surface area contributed by atoms with Crippen molar-refractivity contribution in [1.29, 1.82) is 0 Å². The first-order valence-corrected chi connectivity index (χ1v) is 7.70. The van der Waals surface area contributed by atoms with Crippen LogP contribution in [0.3, 0.4) is 0 Å². The predicted molar refractivity (Wildman–Crippen MR) is 78.4 cm³/mol. The average Bonchev–Trinajstić information content (AvgIpc) is 3.28. The lowest BCUT2D eigenvalue weighted by atomic mass is 9.63. The molecule has 0 amide bonds. The highest BCUT2D eigenvalue weighted by Crippen LogP contribution is 2.60. The quantitative estimate of drug-likeness (QED) is 0.611. The summed E-state index contributed by atoms with van der Waals surface area (Å²) in [6.45, 7) is 0. The van der Waals surface area contributed by atoms with Gasteiger partial charge in [0.1, 0.15) is 10.1 Å². The van der Waals surface area contributed by atoms with E-state index in [0.29, 0.717) is 4.64 Å². The van der Waals surface area contributed by atoms with Gasteiger partial charge in [-0.2, -0.15) is 4.73 Å². The fourth-order valence-corrected chi connectivity index (χ4v) is 4.37. The molecule has 2 unspecified atom stereocenters. The standard InChI is InChI=1S/C16H13NO4S/c18-15(21-17-8-2-1-3-13(17)22)16-11-6-4-9(19-11)14(16)10-5-7-12(16)20-10/h1-12,14H/t9-,10+,11+,12-,14?,16?. The number of nitrogens with zero attached hydrogens (tertiary/aromatic N) is 1. The van der Waals surface area contributed by atoms with Crippen molar-refractivity contribution in [1.82, 2.24) is 4.73 Å². The zero-order valence-electron chi connectivity index (χ0n) is 11.5. The van der Waals surface area contributed by atoms with Crippen molar-refractivity contribution in [3.05, 3.63) is 53.3 Å². The lowest BCUT2D eigenvalue weighted by Crippen LogP contribution is -2.54. The van der Waals surface area contributed by atoms with Gasteiger partial charge in [-0.25, -0.2) is 4.79 Å². The number of ether oxygens (including phenoxy) is 2. The Balaban J connectivity index is 1.57. The molecule has 22 heavy (non-hydrogen) atoms. The monoisotopic (exact) mass is 315 g/mol. The van der Waals surface area contributed by atoms with E-state index >= 15 is 0 Å². The lowest BCUT2D eigenvalue weighted by Gasteiger charge is -2.35. The third-order valence-electron chi connectivity index (χ3n) is 5.08. The van der Waals surface area contributed by atoms with Crippen LogP contribution in [0.2, 0.25) is 0 Å². The number of hydrogen-bond donors (Lipinski definition) is 0. The first kappa shape index (κ1) is 12.8. The third kappa shape index (κ3) is 1.36. The number of carbonyl (C=O) groups is 1. The molecule has 5 rings (SSSR count). The van der Waals surface area contributed by atoms with Gasteiger partial charge in [-0.05, 0) is 12.1 Å². The number of aromatic nitrogens is 1. The zero-order valence-corrected chi connectivity index (χ0v) is 12.3. The molecular weight excluding hydrogens is 302 g/mol. The Morgan fingerprint density at radius 1 is 1.14 bits per heavy atom. The fraction of sp³-hybridized carbons (Fsp3) is 0.375. The molecule has 0 saturated carbocycles. The molecule has 112 valence electrons. The second-order valence-electron chi connectivity index (χ2n) is 6.01. The molecule has 4 bridgehead atoms. The highest BCUT2D eigenvalue weighted by Gasteiger charge is 2.74. The van der Waals surface area contributed by atoms with E-state index in [-0.39, 0.29) is 36.3 Å². The summed E-state index contributed by atoms with van der Waals surface area (Å²) in [6.07, 6.45) is 8.82. The lowest BCUT2D eigenvalue weighted by molar-refractivity contribution is -0.162. The van der Waals surface area contributed by atoms with Gasteiger partial charge in [0.05, 0.1) is 24.4 Å². The molecule has 2 saturated heterocycles. The Kier molecular flexibility index (Phi) is 2.41. The molecule has 1 aromatic heterocycles. The summed E-state index contributed by atoms with van der Waals surface area (Å²) >= 11 is 5.19.